The molecule has 0 heterocycles. The minimum absolute atomic E-state index is 0.162. The van der Waals surface area contributed by atoms with E-state index in [1.165, 1.54) is 14.2 Å². The van der Waals surface area contributed by atoms with Gasteiger partial charge in [0.2, 0.25) is 0 Å². The van der Waals surface area contributed by atoms with Crippen molar-refractivity contribution in [2.75, 3.05) is 20.4 Å². The number of hydrogen-bond donors (Lipinski definition) is 0. The Labute approximate surface area is 145 Å². The Morgan fingerprint density at radius 1 is 1.17 bits per heavy atom. The molecule has 0 aliphatic heterocycles. The van der Waals surface area contributed by atoms with Crippen molar-refractivity contribution in [3.63, 3.8) is 0 Å². The zero-order chi connectivity index (χ0) is 17.7. The Hall–Kier alpha value is -0.940. The highest BCUT2D eigenvalue weighted by molar-refractivity contribution is 9.10. The molecule has 0 unspecified atom stereocenters. The van der Waals surface area contributed by atoms with Crippen molar-refractivity contribution in [1.82, 2.24) is 0 Å². The Morgan fingerprint density at radius 2 is 1.70 bits per heavy atom. The van der Waals surface area contributed by atoms with Crippen molar-refractivity contribution >= 4 is 35.6 Å². The average Bonchev–Trinajstić information content (AvgIpc) is 2.47. The summed E-state index contributed by atoms with van der Waals surface area (Å²) in [5, 5.41) is 0. The van der Waals surface area contributed by atoms with Crippen molar-refractivity contribution in [3.8, 4) is 0 Å². The van der Waals surface area contributed by atoms with Crippen molar-refractivity contribution in [2.24, 2.45) is 0 Å². The Bertz CT molecular complexity index is 608. The van der Waals surface area contributed by atoms with Crippen LogP contribution < -0.4 is 0 Å². The molecular formula is C16H22BrO5P. The van der Waals surface area contributed by atoms with E-state index in [2.05, 4.69) is 15.9 Å². The van der Waals surface area contributed by atoms with E-state index in [0.717, 1.165) is 10.0 Å². The fourth-order valence-corrected chi connectivity index (χ4v) is 2.99. The molecule has 0 amide bonds. The van der Waals surface area contributed by atoms with E-state index in [1.54, 1.807) is 26.8 Å². The van der Waals surface area contributed by atoms with Gasteiger partial charge in [0.25, 0.3) is 0 Å². The number of ether oxygens (including phenoxy) is 1. The van der Waals surface area contributed by atoms with Crippen molar-refractivity contribution in [2.45, 2.75) is 26.4 Å². The second kappa shape index (κ2) is 8.25. The van der Waals surface area contributed by atoms with Gasteiger partial charge in [-0.3, -0.25) is 4.57 Å². The van der Waals surface area contributed by atoms with Crippen LogP contribution in [0.1, 0.15) is 26.3 Å². The van der Waals surface area contributed by atoms with Gasteiger partial charge < -0.3 is 13.8 Å². The molecule has 0 radical (unpaired) electrons. The molecule has 0 saturated carbocycles. The summed E-state index contributed by atoms with van der Waals surface area (Å²) in [6.07, 6.45) is 1.47. The van der Waals surface area contributed by atoms with E-state index >= 15 is 0 Å². The fraction of sp³-hybridized carbons (Fsp3) is 0.438. The molecule has 7 heteroatoms. The topological polar surface area (TPSA) is 61.8 Å². The molecule has 0 atom stereocenters. The number of carbonyl (C=O) groups is 1. The van der Waals surface area contributed by atoms with Crippen LogP contribution in [0.3, 0.4) is 0 Å². The number of benzene rings is 1. The first-order chi connectivity index (χ1) is 10.6. The van der Waals surface area contributed by atoms with Gasteiger partial charge in [0.1, 0.15) is 5.60 Å². The van der Waals surface area contributed by atoms with Crippen LogP contribution in [-0.2, 0) is 23.1 Å². The molecule has 0 aliphatic rings. The Kier molecular flexibility index (Phi) is 7.21. The summed E-state index contributed by atoms with van der Waals surface area (Å²) in [5.41, 5.74) is 0.363. The third kappa shape index (κ3) is 7.00. The minimum atomic E-state index is -3.38. The van der Waals surface area contributed by atoms with Gasteiger partial charge in [-0.15, -0.1) is 0 Å². The van der Waals surface area contributed by atoms with Gasteiger partial charge in [-0.05, 0) is 44.5 Å². The van der Waals surface area contributed by atoms with Crippen LogP contribution in [0.2, 0.25) is 0 Å². The molecule has 5 nitrogen and oxygen atoms in total. The first-order valence-electron chi connectivity index (χ1n) is 6.98. The third-order valence-electron chi connectivity index (χ3n) is 2.79. The van der Waals surface area contributed by atoms with Gasteiger partial charge in [0, 0.05) is 24.3 Å². The molecule has 0 fully saturated rings. The lowest BCUT2D eigenvalue weighted by Gasteiger charge is -2.22. The number of halogens is 1. The summed E-state index contributed by atoms with van der Waals surface area (Å²) in [6, 6.07) is 7.37. The molecule has 23 heavy (non-hydrogen) atoms. The monoisotopic (exact) mass is 404 g/mol. The predicted octanol–water partition coefficient (Wildman–Crippen LogP) is 4.66. The van der Waals surface area contributed by atoms with Gasteiger partial charge in [-0.25, -0.2) is 4.79 Å². The highest BCUT2D eigenvalue weighted by Gasteiger charge is 2.29. The first-order valence-corrected chi connectivity index (χ1v) is 9.50. The van der Waals surface area contributed by atoms with Crippen molar-refractivity contribution in [3.05, 3.63) is 39.9 Å². The lowest BCUT2D eigenvalue weighted by Crippen LogP contribution is -2.26. The molecule has 0 N–H and O–H groups in total. The molecule has 0 aromatic heterocycles. The maximum absolute atomic E-state index is 12.4. The summed E-state index contributed by atoms with van der Waals surface area (Å²) < 4.78 is 28.5. The van der Waals surface area contributed by atoms with E-state index in [4.69, 9.17) is 13.8 Å². The molecular weight excluding hydrogens is 383 g/mol. The van der Waals surface area contributed by atoms with E-state index in [9.17, 15) is 9.36 Å². The molecule has 1 aromatic rings. The van der Waals surface area contributed by atoms with Crippen LogP contribution in [0.25, 0.3) is 6.08 Å². The number of esters is 1. The molecule has 0 saturated heterocycles. The maximum atomic E-state index is 12.4. The molecule has 1 aromatic carbocycles. The quantitative estimate of drug-likeness (QED) is 0.391. The Balaban J connectivity index is 3.17. The standard InChI is InChI=1S/C16H22BrO5P/c1-16(2,3)22-15(18)13(11-23(19,20-4)21-5)10-12-6-8-14(17)9-7-12/h6-10H,11H2,1-5H3/b13-10+. The fourth-order valence-electron chi connectivity index (χ4n) is 1.69. The van der Waals surface area contributed by atoms with Crippen LogP contribution in [0.5, 0.6) is 0 Å². The minimum Gasteiger partial charge on any atom is -0.457 e. The molecule has 0 bridgehead atoms. The summed E-state index contributed by atoms with van der Waals surface area (Å²) in [5.74, 6) is -0.547. The van der Waals surface area contributed by atoms with Gasteiger partial charge >= 0.3 is 13.6 Å². The van der Waals surface area contributed by atoms with Crippen LogP contribution in [0.15, 0.2) is 34.3 Å². The number of hydrogen-bond acceptors (Lipinski definition) is 5. The van der Waals surface area contributed by atoms with E-state index < -0.39 is 19.2 Å². The van der Waals surface area contributed by atoms with Gasteiger partial charge in [-0.1, -0.05) is 28.1 Å². The normalized spacial score (nSPS) is 13.0. The largest absolute Gasteiger partial charge is 0.457 e. The molecule has 0 spiro atoms. The van der Waals surface area contributed by atoms with Crippen molar-refractivity contribution in [1.29, 1.82) is 0 Å². The summed E-state index contributed by atoms with van der Waals surface area (Å²) >= 11 is 3.35. The lowest BCUT2D eigenvalue weighted by molar-refractivity contribution is -0.149. The number of carbonyl (C=O) groups excluding carboxylic acids is 1. The van der Waals surface area contributed by atoms with Crippen LogP contribution >= 0.6 is 23.5 Å². The van der Waals surface area contributed by atoms with Gasteiger partial charge in [-0.2, -0.15) is 0 Å². The lowest BCUT2D eigenvalue weighted by atomic mass is 10.1. The Morgan fingerprint density at radius 3 is 2.13 bits per heavy atom. The highest BCUT2D eigenvalue weighted by atomic mass is 79.9. The molecule has 128 valence electrons. The maximum Gasteiger partial charge on any atom is 0.335 e. The van der Waals surface area contributed by atoms with Crippen LogP contribution in [0.4, 0.5) is 0 Å². The zero-order valence-electron chi connectivity index (χ0n) is 14.0. The smallest absolute Gasteiger partial charge is 0.335 e. The van der Waals surface area contributed by atoms with Crippen molar-refractivity contribution < 1.29 is 23.1 Å². The first kappa shape index (κ1) is 20.1. The van der Waals surface area contributed by atoms with E-state index in [0.29, 0.717) is 0 Å². The van der Waals surface area contributed by atoms with E-state index in [1.807, 2.05) is 24.3 Å². The van der Waals surface area contributed by atoms with Crippen LogP contribution in [0, 0.1) is 0 Å². The van der Waals surface area contributed by atoms with E-state index in [-0.39, 0.29) is 11.7 Å². The zero-order valence-corrected chi connectivity index (χ0v) is 16.4. The SMILES string of the molecule is COP(=O)(C/C(=C\c1ccc(Br)cc1)C(=O)OC(C)(C)C)OC. The summed E-state index contributed by atoms with van der Waals surface area (Å²) in [4.78, 5) is 12.4. The average molecular weight is 405 g/mol. The van der Waals surface area contributed by atoms with Gasteiger partial charge in [0.05, 0.1) is 6.16 Å². The third-order valence-corrected chi connectivity index (χ3v) is 5.16. The summed E-state index contributed by atoms with van der Waals surface area (Å²) in [6.45, 7) is 5.32. The predicted molar refractivity (Wildman–Crippen MR) is 94.5 cm³/mol. The number of rotatable bonds is 6. The highest BCUT2D eigenvalue weighted by Crippen LogP contribution is 2.48. The molecule has 1 rings (SSSR count). The van der Waals surface area contributed by atoms with Gasteiger partial charge in [0.15, 0.2) is 0 Å². The van der Waals surface area contributed by atoms with Crippen LogP contribution in [-0.4, -0.2) is 32.0 Å². The second-order valence-corrected chi connectivity index (χ2v) is 9.04. The molecule has 0 aliphatic carbocycles. The second-order valence-electron chi connectivity index (χ2n) is 5.86. The summed E-state index contributed by atoms with van der Waals surface area (Å²) in [7, 11) is -0.805.